The third kappa shape index (κ3) is 2.69. The Labute approximate surface area is 91.3 Å². The first kappa shape index (κ1) is 12.5. The van der Waals surface area contributed by atoms with Crippen LogP contribution in [-0.2, 0) is 14.3 Å². The van der Waals surface area contributed by atoms with Crippen LogP contribution in [0, 0.1) is 5.41 Å². The van der Waals surface area contributed by atoms with Gasteiger partial charge in [-0.15, -0.1) is 0 Å². The highest BCUT2D eigenvalue weighted by atomic mass is 16.5. The van der Waals surface area contributed by atoms with Crippen molar-refractivity contribution in [2.45, 2.75) is 33.2 Å². The number of esters is 1. The maximum Gasteiger partial charge on any atom is 0.313 e. The van der Waals surface area contributed by atoms with E-state index in [1.54, 1.807) is 0 Å². The van der Waals surface area contributed by atoms with E-state index < -0.39 is 5.41 Å². The van der Waals surface area contributed by atoms with Crippen LogP contribution in [0.3, 0.4) is 0 Å². The minimum absolute atomic E-state index is 0.0801. The molecular formula is C11H21NO3. The quantitative estimate of drug-likeness (QED) is 0.694. The molecule has 1 aliphatic heterocycles. The van der Waals surface area contributed by atoms with Crippen molar-refractivity contribution in [1.29, 1.82) is 0 Å². The first-order chi connectivity index (χ1) is 7.15. The Hall–Kier alpha value is -0.610. The van der Waals surface area contributed by atoms with E-state index in [2.05, 4.69) is 5.32 Å². The first-order valence-corrected chi connectivity index (χ1v) is 5.63. The second-order valence-electron chi connectivity index (χ2n) is 4.05. The largest absolute Gasteiger partial charge is 0.466 e. The molecule has 0 aromatic heterocycles. The summed E-state index contributed by atoms with van der Waals surface area (Å²) >= 11 is 0. The molecule has 4 heteroatoms. The van der Waals surface area contributed by atoms with Gasteiger partial charge in [0, 0.05) is 12.6 Å². The molecule has 0 radical (unpaired) electrons. The highest BCUT2D eigenvalue weighted by Gasteiger charge is 2.46. The second-order valence-corrected chi connectivity index (χ2v) is 4.05. The molecule has 0 amide bonds. The van der Waals surface area contributed by atoms with Gasteiger partial charge in [-0.2, -0.15) is 0 Å². The van der Waals surface area contributed by atoms with Crippen LogP contribution in [0.5, 0.6) is 0 Å². The fourth-order valence-corrected chi connectivity index (χ4v) is 1.92. The summed E-state index contributed by atoms with van der Waals surface area (Å²) in [6, 6.07) is 0.0801. The Kier molecular flexibility index (Phi) is 4.54. The molecule has 0 saturated carbocycles. The van der Waals surface area contributed by atoms with E-state index in [4.69, 9.17) is 9.47 Å². The Morgan fingerprint density at radius 2 is 2.20 bits per heavy atom. The van der Waals surface area contributed by atoms with Crippen molar-refractivity contribution in [3.8, 4) is 0 Å². The van der Waals surface area contributed by atoms with E-state index >= 15 is 0 Å². The van der Waals surface area contributed by atoms with Crippen LogP contribution in [0.25, 0.3) is 0 Å². The molecule has 1 saturated heterocycles. The zero-order valence-electron chi connectivity index (χ0n) is 9.84. The van der Waals surface area contributed by atoms with Gasteiger partial charge in [-0.25, -0.2) is 0 Å². The number of ether oxygens (including phenoxy) is 2. The predicted octanol–water partition coefficient (Wildman–Crippen LogP) is 0.954. The van der Waals surface area contributed by atoms with E-state index in [0.717, 1.165) is 13.0 Å². The number of rotatable bonds is 5. The van der Waals surface area contributed by atoms with Crippen LogP contribution in [0.4, 0.5) is 0 Å². The molecular weight excluding hydrogens is 194 g/mol. The molecule has 0 aliphatic carbocycles. The third-order valence-electron chi connectivity index (χ3n) is 3.03. The number of nitrogens with one attached hydrogen (secondary N) is 1. The van der Waals surface area contributed by atoms with Gasteiger partial charge in [0.2, 0.25) is 0 Å². The summed E-state index contributed by atoms with van der Waals surface area (Å²) < 4.78 is 10.5. The monoisotopic (exact) mass is 215 g/mol. The zero-order chi connectivity index (χ0) is 11.3. The van der Waals surface area contributed by atoms with Crippen LogP contribution < -0.4 is 5.32 Å². The average molecular weight is 215 g/mol. The van der Waals surface area contributed by atoms with Gasteiger partial charge < -0.3 is 14.8 Å². The lowest BCUT2D eigenvalue weighted by Crippen LogP contribution is -2.44. The molecule has 0 aromatic carbocycles. The number of carbonyl (C=O) groups is 1. The van der Waals surface area contributed by atoms with E-state index in [1.165, 1.54) is 0 Å². The minimum atomic E-state index is -0.425. The fourth-order valence-electron chi connectivity index (χ4n) is 1.92. The Morgan fingerprint density at radius 3 is 2.80 bits per heavy atom. The molecule has 0 aromatic rings. The van der Waals surface area contributed by atoms with E-state index in [1.807, 2.05) is 20.8 Å². The maximum atomic E-state index is 11.8. The van der Waals surface area contributed by atoms with Crippen LogP contribution in [0.15, 0.2) is 0 Å². The molecule has 0 spiro atoms. The summed E-state index contributed by atoms with van der Waals surface area (Å²) in [6.45, 7) is 8.29. The molecule has 15 heavy (non-hydrogen) atoms. The third-order valence-corrected chi connectivity index (χ3v) is 3.03. The average Bonchev–Trinajstić information content (AvgIpc) is 2.59. The first-order valence-electron chi connectivity index (χ1n) is 5.63. The maximum absolute atomic E-state index is 11.8. The molecule has 1 unspecified atom stereocenters. The van der Waals surface area contributed by atoms with Crippen molar-refractivity contribution in [2.75, 3.05) is 26.4 Å². The smallest absolute Gasteiger partial charge is 0.313 e. The topological polar surface area (TPSA) is 47.6 Å². The van der Waals surface area contributed by atoms with E-state index in [0.29, 0.717) is 19.8 Å². The van der Waals surface area contributed by atoms with Gasteiger partial charge >= 0.3 is 5.97 Å². The van der Waals surface area contributed by atoms with Crippen molar-refractivity contribution in [3.05, 3.63) is 0 Å². The Bertz CT molecular complexity index is 220. The summed E-state index contributed by atoms with van der Waals surface area (Å²) in [7, 11) is 0. The van der Waals surface area contributed by atoms with Gasteiger partial charge in [0.15, 0.2) is 0 Å². The number of carbonyl (C=O) groups excluding carboxylic acids is 1. The van der Waals surface area contributed by atoms with Gasteiger partial charge in [-0.05, 0) is 33.7 Å². The minimum Gasteiger partial charge on any atom is -0.466 e. The molecule has 1 rings (SSSR count). The SMILES string of the molecule is CCOCC1NCC[C@@]1(C)C(=O)OCC. The lowest BCUT2D eigenvalue weighted by molar-refractivity contribution is -0.155. The van der Waals surface area contributed by atoms with Crippen LogP contribution in [0.1, 0.15) is 27.2 Å². The Balaban J connectivity index is 2.59. The summed E-state index contributed by atoms with van der Waals surface area (Å²) in [5.74, 6) is -0.111. The molecule has 1 fully saturated rings. The molecule has 0 bridgehead atoms. The number of hydrogen-bond acceptors (Lipinski definition) is 4. The van der Waals surface area contributed by atoms with E-state index in [9.17, 15) is 4.79 Å². The summed E-state index contributed by atoms with van der Waals surface area (Å²) in [5, 5.41) is 3.30. The zero-order valence-corrected chi connectivity index (χ0v) is 9.84. The predicted molar refractivity (Wildman–Crippen MR) is 57.6 cm³/mol. The van der Waals surface area contributed by atoms with E-state index in [-0.39, 0.29) is 12.0 Å². The van der Waals surface area contributed by atoms with Gasteiger partial charge in [0.1, 0.15) is 0 Å². The molecule has 1 heterocycles. The van der Waals surface area contributed by atoms with Crippen LogP contribution >= 0.6 is 0 Å². The highest BCUT2D eigenvalue weighted by Crippen LogP contribution is 2.32. The second kappa shape index (κ2) is 5.47. The van der Waals surface area contributed by atoms with Gasteiger partial charge in [-0.1, -0.05) is 0 Å². The van der Waals surface area contributed by atoms with Crippen molar-refractivity contribution in [3.63, 3.8) is 0 Å². The fraction of sp³-hybridized carbons (Fsp3) is 0.909. The standard InChI is InChI=1S/C11H21NO3/c1-4-14-8-9-11(3,6-7-12-9)10(13)15-5-2/h9,12H,4-8H2,1-3H3/t9?,11-/m1/s1. The Morgan fingerprint density at radius 1 is 1.47 bits per heavy atom. The van der Waals surface area contributed by atoms with Crippen molar-refractivity contribution in [1.82, 2.24) is 5.32 Å². The van der Waals surface area contributed by atoms with Crippen molar-refractivity contribution in [2.24, 2.45) is 5.41 Å². The summed E-state index contributed by atoms with van der Waals surface area (Å²) in [6.07, 6.45) is 0.823. The van der Waals surface area contributed by atoms with Crippen molar-refractivity contribution < 1.29 is 14.3 Å². The van der Waals surface area contributed by atoms with Crippen LogP contribution in [-0.4, -0.2) is 38.4 Å². The van der Waals surface area contributed by atoms with Gasteiger partial charge in [-0.3, -0.25) is 4.79 Å². The molecule has 88 valence electrons. The molecule has 2 atom stereocenters. The van der Waals surface area contributed by atoms with Gasteiger partial charge in [0.05, 0.1) is 18.6 Å². The highest BCUT2D eigenvalue weighted by molar-refractivity contribution is 5.77. The molecule has 4 nitrogen and oxygen atoms in total. The molecule has 1 aliphatic rings. The summed E-state index contributed by atoms with van der Waals surface area (Å²) in [4.78, 5) is 11.8. The van der Waals surface area contributed by atoms with Gasteiger partial charge in [0.25, 0.3) is 0 Å². The van der Waals surface area contributed by atoms with Crippen molar-refractivity contribution >= 4 is 5.97 Å². The lowest BCUT2D eigenvalue weighted by Gasteiger charge is -2.28. The number of hydrogen-bond donors (Lipinski definition) is 1. The normalized spacial score (nSPS) is 30.5. The summed E-state index contributed by atoms with van der Waals surface area (Å²) in [5.41, 5.74) is -0.425. The van der Waals surface area contributed by atoms with Crippen LogP contribution in [0.2, 0.25) is 0 Å². The lowest BCUT2D eigenvalue weighted by atomic mass is 9.83. The molecule has 1 N–H and O–H groups in total.